The Morgan fingerprint density at radius 3 is 2.04 bits per heavy atom. The zero-order valence-electron chi connectivity index (χ0n) is 17.7. The molecule has 1 aromatic rings. The molecule has 0 unspecified atom stereocenters. The molecule has 5 heteroatoms. The second-order valence-electron chi connectivity index (χ2n) is 8.64. The highest BCUT2D eigenvalue weighted by Crippen LogP contribution is 2.34. The van der Waals surface area contributed by atoms with Crippen molar-refractivity contribution in [3.63, 3.8) is 0 Å². The van der Waals surface area contributed by atoms with E-state index in [2.05, 4.69) is 40.9 Å². The van der Waals surface area contributed by atoms with Gasteiger partial charge in [0.1, 0.15) is 5.75 Å². The number of likely N-dealkylation sites (N-methyl/N-ethyl adjacent to an activating group) is 2. The molecule has 1 aliphatic carbocycles. The number of hydrogen-bond acceptors (Lipinski definition) is 5. The van der Waals surface area contributed by atoms with Gasteiger partial charge in [-0.2, -0.15) is 0 Å². The van der Waals surface area contributed by atoms with E-state index in [1.165, 1.54) is 51.1 Å². The van der Waals surface area contributed by atoms with Crippen LogP contribution in [0, 0.1) is 0 Å². The SMILES string of the molecule is CN1CCN(C)CC1.O=CC1(Oc2cccc(N3CCCCC3)c2)CCCC1. The first-order valence-corrected chi connectivity index (χ1v) is 11.0. The van der Waals surface area contributed by atoms with Crippen LogP contribution >= 0.6 is 0 Å². The Bertz CT molecular complexity index is 592. The molecule has 5 nitrogen and oxygen atoms in total. The first-order chi connectivity index (χ1) is 13.6. The maximum atomic E-state index is 11.4. The molecule has 2 saturated heterocycles. The van der Waals surface area contributed by atoms with Crippen molar-refractivity contribution in [2.24, 2.45) is 0 Å². The molecule has 0 amide bonds. The molecular weight excluding hydrogens is 350 g/mol. The summed E-state index contributed by atoms with van der Waals surface area (Å²) in [5.41, 5.74) is 0.654. The zero-order chi connectivity index (χ0) is 19.8. The molecule has 3 aliphatic rings. The second kappa shape index (κ2) is 10.3. The van der Waals surface area contributed by atoms with Crippen molar-refractivity contribution < 1.29 is 9.53 Å². The van der Waals surface area contributed by atoms with Crippen LogP contribution < -0.4 is 9.64 Å². The summed E-state index contributed by atoms with van der Waals surface area (Å²) >= 11 is 0. The van der Waals surface area contributed by atoms with Gasteiger partial charge >= 0.3 is 0 Å². The summed E-state index contributed by atoms with van der Waals surface area (Å²) in [5.74, 6) is 0.835. The molecule has 0 bridgehead atoms. The van der Waals surface area contributed by atoms with Crippen LogP contribution in [-0.2, 0) is 4.79 Å². The Kier molecular flexibility index (Phi) is 7.74. The van der Waals surface area contributed by atoms with Crippen molar-refractivity contribution in [1.29, 1.82) is 0 Å². The van der Waals surface area contributed by atoms with Crippen molar-refractivity contribution in [2.45, 2.75) is 50.5 Å². The van der Waals surface area contributed by atoms with Gasteiger partial charge in [-0.05, 0) is 71.2 Å². The van der Waals surface area contributed by atoms with Gasteiger partial charge in [0.25, 0.3) is 0 Å². The smallest absolute Gasteiger partial charge is 0.164 e. The standard InChI is InChI=1S/C17H23NO2.C6H14N2/c19-14-17(9-2-3-10-17)20-16-8-6-7-15(13-16)18-11-4-1-5-12-18;1-7-3-5-8(2)6-4-7/h6-8,13-14H,1-5,9-12H2;3-6H2,1-2H3. The lowest BCUT2D eigenvalue weighted by molar-refractivity contribution is -0.121. The van der Waals surface area contributed by atoms with Gasteiger partial charge in [-0.3, -0.25) is 4.79 Å². The number of nitrogens with zero attached hydrogens (tertiary/aromatic N) is 3. The lowest BCUT2D eigenvalue weighted by Gasteiger charge is -2.30. The monoisotopic (exact) mass is 387 g/mol. The molecule has 4 rings (SSSR count). The van der Waals surface area contributed by atoms with E-state index >= 15 is 0 Å². The third-order valence-corrected chi connectivity index (χ3v) is 6.25. The molecule has 2 aliphatic heterocycles. The summed E-state index contributed by atoms with van der Waals surface area (Å²) < 4.78 is 6.05. The van der Waals surface area contributed by atoms with E-state index in [1.54, 1.807) is 0 Å². The molecule has 0 spiro atoms. The van der Waals surface area contributed by atoms with E-state index in [0.717, 1.165) is 50.8 Å². The van der Waals surface area contributed by atoms with Crippen molar-refractivity contribution in [3.05, 3.63) is 24.3 Å². The van der Waals surface area contributed by atoms with Gasteiger partial charge in [-0.1, -0.05) is 6.07 Å². The van der Waals surface area contributed by atoms with Gasteiger partial charge in [0.05, 0.1) is 0 Å². The Morgan fingerprint density at radius 1 is 0.857 bits per heavy atom. The fraction of sp³-hybridized carbons (Fsp3) is 0.696. The van der Waals surface area contributed by atoms with Gasteiger partial charge in [-0.25, -0.2) is 0 Å². The van der Waals surface area contributed by atoms with Crippen LogP contribution in [0.5, 0.6) is 5.75 Å². The van der Waals surface area contributed by atoms with Gasteiger partial charge in [0.15, 0.2) is 11.9 Å². The summed E-state index contributed by atoms with van der Waals surface area (Å²) in [6, 6.07) is 8.24. The Hall–Kier alpha value is -1.59. The Morgan fingerprint density at radius 2 is 1.46 bits per heavy atom. The summed E-state index contributed by atoms with van der Waals surface area (Å²) in [7, 11) is 4.35. The largest absolute Gasteiger partial charge is 0.480 e. The molecular formula is C23H37N3O2. The van der Waals surface area contributed by atoms with Crippen molar-refractivity contribution in [1.82, 2.24) is 9.80 Å². The summed E-state index contributed by atoms with van der Waals surface area (Å²) in [6.45, 7) is 7.19. The Labute approximate surface area is 170 Å². The maximum Gasteiger partial charge on any atom is 0.164 e. The number of carbonyl (C=O) groups excluding carboxylic acids is 1. The second-order valence-corrected chi connectivity index (χ2v) is 8.64. The minimum absolute atomic E-state index is 0.569. The first-order valence-electron chi connectivity index (χ1n) is 11.0. The molecule has 156 valence electrons. The van der Waals surface area contributed by atoms with Gasteiger partial charge in [0, 0.05) is 51.0 Å². The van der Waals surface area contributed by atoms with Crippen molar-refractivity contribution in [3.8, 4) is 5.75 Å². The topological polar surface area (TPSA) is 36.0 Å². The predicted molar refractivity (Wildman–Crippen MR) is 115 cm³/mol. The van der Waals surface area contributed by atoms with E-state index in [4.69, 9.17) is 4.74 Å². The molecule has 3 fully saturated rings. The average molecular weight is 388 g/mol. The summed E-state index contributed by atoms with van der Waals surface area (Å²) in [5, 5.41) is 0. The molecule has 1 saturated carbocycles. The van der Waals surface area contributed by atoms with Crippen LogP contribution in [0.3, 0.4) is 0 Å². The summed E-state index contributed by atoms with van der Waals surface area (Å²) in [6.07, 6.45) is 8.76. The molecule has 0 atom stereocenters. The number of piperidine rings is 1. The van der Waals surface area contributed by atoms with Gasteiger partial charge in [-0.15, -0.1) is 0 Å². The van der Waals surface area contributed by atoms with Crippen LogP contribution in [0.25, 0.3) is 0 Å². The minimum atomic E-state index is -0.569. The van der Waals surface area contributed by atoms with Crippen LogP contribution in [0.15, 0.2) is 24.3 Å². The van der Waals surface area contributed by atoms with Crippen LogP contribution in [0.4, 0.5) is 5.69 Å². The minimum Gasteiger partial charge on any atom is -0.480 e. The number of aldehydes is 1. The number of carbonyl (C=O) groups is 1. The highest BCUT2D eigenvalue weighted by atomic mass is 16.5. The van der Waals surface area contributed by atoms with Crippen LogP contribution in [0.1, 0.15) is 44.9 Å². The molecule has 2 heterocycles. The highest BCUT2D eigenvalue weighted by Gasteiger charge is 2.35. The molecule has 0 aromatic heterocycles. The highest BCUT2D eigenvalue weighted by molar-refractivity contribution is 5.64. The zero-order valence-corrected chi connectivity index (χ0v) is 17.7. The molecule has 0 radical (unpaired) electrons. The van der Waals surface area contributed by atoms with Crippen LogP contribution in [-0.4, -0.2) is 75.1 Å². The van der Waals surface area contributed by atoms with Gasteiger partial charge in [0.2, 0.25) is 0 Å². The lowest BCUT2D eigenvalue weighted by Crippen LogP contribution is -2.42. The van der Waals surface area contributed by atoms with Gasteiger partial charge < -0.3 is 19.4 Å². The van der Waals surface area contributed by atoms with Crippen molar-refractivity contribution >= 4 is 12.0 Å². The Balaban J connectivity index is 0.000000236. The molecule has 1 aromatic carbocycles. The van der Waals surface area contributed by atoms with Crippen molar-refractivity contribution in [2.75, 3.05) is 58.3 Å². The van der Waals surface area contributed by atoms with E-state index in [9.17, 15) is 4.79 Å². The van der Waals surface area contributed by atoms with E-state index < -0.39 is 5.60 Å². The molecule has 0 N–H and O–H groups in total. The van der Waals surface area contributed by atoms with E-state index in [1.807, 2.05) is 12.1 Å². The fourth-order valence-corrected chi connectivity index (χ4v) is 4.25. The predicted octanol–water partition coefficient (Wildman–Crippen LogP) is 3.43. The quantitative estimate of drug-likeness (QED) is 0.740. The number of ether oxygens (including phenoxy) is 1. The average Bonchev–Trinajstić information content (AvgIpc) is 3.20. The normalized spacial score (nSPS) is 23.0. The number of rotatable bonds is 4. The van der Waals surface area contributed by atoms with E-state index in [0.29, 0.717) is 0 Å². The summed E-state index contributed by atoms with van der Waals surface area (Å²) in [4.78, 5) is 18.5. The van der Waals surface area contributed by atoms with Crippen LogP contribution in [0.2, 0.25) is 0 Å². The number of anilines is 1. The number of benzene rings is 1. The third-order valence-electron chi connectivity index (χ3n) is 6.25. The van der Waals surface area contributed by atoms with E-state index in [-0.39, 0.29) is 0 Å². The fourth-order valence-electron chi connectivity index (χ4n) is 4.25. The maximum absolute atomic E-state index is 11.4. The number of piperazine rings is 1. The number of hydrogen-bond donors (Lipinski definition) is 0. The third kappa shape index (κ3) is 5.95. The lowest BCUT2D eigenvalue weighted by atomic mass is 10.0. The molecule has 28 heavy (non-hydrogen) atoms. The first kappa shape index (κ1) is 21.1.